The Bertz CT molecular complexity index is 301. The molecule has 2 rings (SSSR count). The summed E-state index contributed by atoms with van der Waals surface area (Å²) < 4.78 is 0. The molecule has 0 N–H and O–H groups in total. The fraction of sp³-hybridized carbons (Fsp3) is 0.647. The van der Waals surface area contributed by atoms with Crippen LogP contribution in [0.5, 0.6) is 0 Å². The minimum absolute atomic E-state index is 0.983. The molecule has 0 amide bonds. The first kappa shape index (κ1) is 13.6. The number of benzene rings is 1. The average Bonchev–Trinajstić information content (AvgIpc) is 2.45. The summed E-state index contributed by atoms with van der Waals surface area (Å²) in [4.78, 5) is 0. The van der Waals surface area contributed by atoms with Crippen LogP contribution in [0.4, 0.5) is 0 Å². The molecule has 0 aliphatic carbocycles. The summed E-state index contributed by atoms with van der Waals surface area (Å²) in [6.45, 7) is 2.25. The summed E-state index contributed by atoms with van der Waals surface area (Å²) in [6.07, 6.45) is 11.0. The highest BCUT2D eigenvalue weighted by atomic mass is 14.9. The Kier molecular flexibility index (Phi) is 6.28. The third-order valence-electron chi connectivity index (χ3n) is 4.06. The van der Waals surface area contributed by atoms with Crippen LogP contribution in [0, 0.1) is 5.92 Å². The van der Waals surface area contributed by atoms with Gasteiger partial charge in [-0.2, -0.15) is 0 Å². The van der Waals surface area contributed by atoms with E-state index in [1.807, 2.05) is 0 Å². The van der Waals surface area contributed by atoms with Crippen molar-refractivity contribution in [2.24, 2.45) is 5.92 Å². The Balaban J connectivity index is 1.46. The van der Waals surface area contributed by atoms with E-state index in [0.717, 1.165) is 19.0 Å². The lowest BCUT2D eigenvalue weighted by atomic mass is 9.92. The summed E-state index contributed by atoms with van der Waals surface area (Å²) >= 11 is 0. The molecule has 0 bridgehead atoms. The van der Waals surface area contributed by atoms with E-state index >= 15 is 0 Å². The van der Waals surface area contributed by atoms with Crippen molar-refractivity contribution in [3.8, 4) is 0 Å². The van der Waals surface area contributed by atoms with Crippen LogP contribution in [0.3, 0.4) is 0 Å². The van der Waals surface area contributed by atoms with Crippen molar-refractivity contribution in [1.82, 2.24) is 5.32 Å². The first-order chi connectivity index (χ1) is 8.95. The Morgan fingerprint density at radius 2 is 1.61 bits per heavy atom. The summed E-state index contributed by atoms with van der Waals surface area (Å²) in [7, 11) is 0. The number of hydrogen-bond donors (Lipinski definition) is 0. The van der Waals surface area contributed by atoms with Gasteiger partial charge in [0, 0.05) is 13.1 Å². The van der Waals surface area contributed by atoms with E-state index in [-0.39, 0.29) is 0 Å². The molecule has 0 saturated carbocycles. The van der Waals surface area contributed by atoms with E-state index in [0.29, 0.717) is 0 Å². The zero-order chi connectivity index (χ0) is 12.5. The van der Waals surface area contributed by atoms with Gasteiger partial charge < -0.3 is 0 Å². The number of piperidine rings is 1. The molecule has 1 fully saturated rings. The number of aryl methyl sites for hydroxylation is 1. The van der Waals surface area contributed by atoms with Crippen molar-refractivity contribution in [1.29, 1.82) is 0 Å². The zero-order valence-corrected chi connectivity index (χ0v) is 11.5. The molecule has 1 saturated heterocycles. The smallest absolute Gasteiger partial charge is 0.0136 e. The lowest BCUT2D eigenvalue weighted by Gasteiger charge is -2.21. The van der Waals surface area contributed by atoms with Crippen molar-refractivity contribution in [3.05, 3.63) is 35.9 Å². The Hall–Kier alpha value is -0.820. The maximum atomic E-state index is 4.42. The standard InChI is InChI=1S/C17H26N/c1(4-8-16-9-6-3-7-10-16)2-5-11-17-12-14-18-15-13-17/h3,6-7,9-10,17H,1-2,4-5,8,11-15H2. The second-order valence-corrected chi connectivity index (χ2v) is 5.55. The van der Waals surface area contributed by atoms with E-state index in [1.165, 1.54) is 56.9 Å². The van der Waals surface area contributed by atoms with Crippen LogP contribution in [0.25, 0.3) is 0 Å². The fourth-order valence-corrected chi connectivity index (χ4v) is 2.85. The highest BCUT2D eigenvalue weighted by Gasteiger charge is 2.12. The molecule has 1 nitrogen and oxygen atoms in total. The predicted octanol–water partition coefficient (Wildman–Crippen LogP) is 4.19. The Morgan fingerprint density at radius 3 is 2.39 bits per heavy atom. The fourth-order valence-electron chi connectivity index (χ4n) is 2.85. The molecule has 0 unspecified atom stereocenters. The second kappa shape index (κ2) is 8.31. The summed E-state index contributed by atoms with van der Waals surface area (Å²) in [5, 5.41) is 4.42. The lowest BCUT2D eigenvalue weighted by Crippen LogP contribution is -2.22. The van der Waals surface area contributed by atoms with E-state index in [9.17, 15) is 0 Å². The number of hydrogen-bond acceptors (Lipinski definition) is 0. The van der Waals surface area contributed by atoms with Crippen LogP contribution < -0.4 is 5.32 Å². The molecule has 1 aromatic rings. The largest absolute Gasteiger partial charge is 0.242 e. The molecule has 18 heavy (non-hydrogen) atoms. The molecule has 1 radical (unpaired) electrons. The van der Waals surface area contributed by atoms with Crippen molar-refractivity contribution < 1.29 is 0 Å². The van der Waals surface area contributed by atoms with Gasteiger partial charge in [-0.25, -0.2) is 5.32 Å². The molecular weight excluding hydrogens is 218 g/mol. The monoisotopic (exact) mass is 244 g/mol. The van der Waals surface area contributed by atoms with Crippen LogP contribution in [0.2, 0.25) is 0 Å². The molecule has 1 aromatic carbocycles. The summed E-state index contributed by atoms with van der Waals surface area (Å²) in [6, 6.07) is 10.9. The van der Waals surface area contributed by atoms with Gasteiger partial charge in [0.05, 0.1) is 0 Å². The predicted molar refractivity (Wildman–Crippen MR) is 77.8 cm³/mol. The van der Waals surface area contributed by atoms with Crippen molar-refractivity contribution in [2.75, 3.05) is 13.1 Å². The van der Waals surface area contributed by atoms with E-state index in [4.69, 9.17) is 0 Å². The van der Waals surface area contributed by atoms with Crippen LogP contribution in [0.15, 0.2) is 30.3 Å². The minimum Gasteiger partial charge on any atom is -0.242 e. The van der Waals surface area contributed by atoms with Crippen molar-refractivity contribution in [2.45, 2.75) is 51.4 Å². The SMILES string of the molecule is c1ccc(CCCCCCC2CC[N]CC2)cc1. The molecule has 1 heterocycles. The first-order valence-electron chi connectivity index (χ1n) is 7.62. The zero-order valence-electron chi connectivity index (χ0n) is 11.5. The van der Waals surface area contributed by atoms with Gasteiger partial charge in [0.25, 0.3) is 0 Å². The van der Waals surface area contributed by atoms with Gasteiger partial charge in [-0.1, -0.05) is 56.0 Å². The first-order valence-corrected chi connectivity index (χ1v) is 7.62. The molecule has 99 valence electrons. The van der Waals surface area contributed by atoms with Gasteiger partial charge in [-0.05, 0) is 37.2 Å². The Labute approximate surface area is 112 Å². The molecule has 0 spiro atoms. The highest BCUT2D eigenvalue weighted by molar-refractivity contribution is 5.14. The minimum atomic E-state index is 0.983. The molecule has 0 aromatic heterocycles. The summed E-state index contributed by atoms with van der Waals surface area (Å²) in [5.41, 5.74) is 1.49. The maximum absolute atomic E-state index is 4.42. The van der Waals surface area contributed by atoms with E-state index in [2.05, 4.69) is 35.6 Å². The van der Waals surface area contributed by atoms with Crippen LogP contribution in [-0.4, -0.2) is 13.1 Å². The third-order valence-corrected chi connectivity index (χ3v) is 4.06. The van der Waals surface area contributed by atoms with Gasteiger partial charge in [0.1, 0.15) is 0 Å². The second-order valence-electron chi connectivity index (χ2n) is 5.55. The maximum Gasteiger partial charge on any atom is 0.0136 e. The molecular formula is C17H26N. The molecule has 0 atom stereocenters. The van der Waals surface area contributed by atoms with Gasteiger partial charge in [0.15, 0.2) is 0 Å². The van der Waals surface area contributed by atoms with Gasteiger partial charge in [0.2, 0.25) is 0 Å². The summed E-state index contributed by atoms with van der Waals surface area (Å²) in [5.74, 6) is 0.983. The van der Waals surface area contributed by atoms with Crippen LogP contribution in [0.1, 0.15) is 50.5 Å². The van der Waals surface area contributed by atoms with Crippen LogP contribution >= 0.6 is 0 Å². The highest BCUT2D eigenvalue weighted by Crippen LogP contribution is 2.20. The van der Waals surface area contributed by atoms with E-state index < -0.39 is 0 Å². The van der Waals surface area contributed by atoms with Gasteiger partial charge in [-0.15, -0.1) is 0 Å². The number of rotatable bonds is 7. The van der Waals surface area contributed by atoms with Crippen LogP contribution in [-0.2, 0) is 6.42 Å². The number of unbranched alkanes of at least 4 members (excludes halogenated alkanes) is 3. The normalized spacial score (nSPS) is 16.9. The van der Waals surface area contributed by atoms with Gasteiger partial charge in [-0.3, -0.25) is 0 Å². The molecule has 1 aliphatic rings. The number of nitrogens with zero attached hydrogens (tertiary/aromatic N) is 1. The molecule has 1 aliphatic heterocycles. The Morgan fingerprint density at radius 1 is 0.889 bits per heavy atom. The topological polar surface area (TPSA) is 14.1 Å². The lowest BCUT2D eigenvalue weighted by molar-refractivity contribution is 0.338. The average molecular weight is 244 g/mol. The van der Waals surface area contributed by atoms with E-state index in [1.54, 1.807) is 0 Å². The third kappa shape index (κ3) is 5.22. The quantitative estimate of drug-likeness (QED) is 0.638. The van der Waals surface area contributed by atoms with Gasteiger partial charge >= 0.3 is 0 Å². The van der Waals surface area contributed by atoms with Crippen molar-refractivity contribution >= 4 is 0 Å². The molecule has 1 heteroatoms. The van der Waals surface area contributed by atoms with Crippen molar-refractivity contribution in [3.63, 3.8) is 0 Å².